The number of aromatic nitrogens is 3. The minimum atomic E-state index is 0.236. The van der Waals surface area contributed by atoms with Gasteiger partial charge in [-0.1, -0.05) is 42.5 Å². The zero-order chi connectivity index (χ0) is 22.6. The standard InChI is InChI=1S/C27H29N5O/c1-19(28)33-18-21-13-11-20(12-14-21)16-32(17-26-30-23-8-2-3-9-24(23)31-26)25-10-4-6-22-7-5-15-29-27(22)25/h2-3,5,7-9,11-15,25,28H,4,6,10,16-18H2,1H3,(H,30,31). The number of hydrogen-bond acceptors (Lipinski definition) is 5. The molecule has 5 rings (SSSR count). The molecule has 0 saturated carbocycles. The number of ether oxygens (including phenoxy) is 1. The van der Waals surface area contributed by atoms with E-state index in [2.05, 4.69) is 46.3 Å². The molecule has 1 unspecified atom stereocenters. The molecule has 0 spiro atoms. The fraction of sp³-hybridized carbons (Fsp3) is 0.296. The van der Waals surface area contributed by atoms with Crippen molar-refractivity contribution in [2.24, 2.45) is 0 Å². The highest BCUT2D eigenvalue weighted by molar-refractivity contribution is 5.74. The molecule has 33 heavy (non-hydrogen) atoms. The Morgan fingerprint density at radius 3 is 2.70 bits per heavy atom. The van der Waals surface area contributed by atoms with Crippen molar-refractivity contribution in [1.29, 1.82) is 5.41 Å². The van der Waals surface area contributed by atoms with Gasteiger partial charge in [-0.15, -0.1) is 0 Å². The van der Waals surface area contributed by atoms with E-state index in [9.17, 15) is 0 Å². The third-order valence-corrected chi connectivity index (χ3v) is 6.26. The summed E-state index contributed by atoms with van der Waals surface area (Å²) in [5.74, 6) is 1.21. The molecular weight excluding hydrogens is 410 g/mol. The SMILES string of the molecule is CC(=N)OCc1ccc(CN(Cc2nc3ccccc3[nH]2)C2CCCc3cccnc32)cc1. The Bertz CT molecular complexity index is 1210. The number of pyridine rings is 1. The summed E-state index contributed by atoms with van der Waals surface area (Å²) in [6, 6.07) is 21.2. The first-order valence-electron chi connectivity index (χ1n) is 11.5. The molecule has 0 bridgehead atoms. The van der Waals surface area contributed by atoms with Gasteiger partial charge in [-0.2, -0.15) is 0 Å². The monoisotopic (exact) mass is 439 g/mol. The second kappa shape index (κ2) is 9.55. The van der Waals surface area contributed by atoms with Gasteiger partial charge < -0.3 is 9.72 Å². The molecule has 1 atom stereocenters. The predicted octanol–water partition coefficient (Wildman–Crippen LogP) is 5.55. The Labute approximate surface area is 194 Å². The molecule has 0 fully saturated rings. The molecule has 6 nitrogen and oxygen atoms in total. The average molecular weight is 440 g/mol. The minimum absolute atomic E-state index is 0.236. The summed E-state index contributed by atoms with van der Waals surface area (Å²) < 4.78 is 5.34. The van der Waals surface area contributed by atoms with E-state index in [4.69, 9.17) is 20.1 Å². The van der Waals surface area contributed by atoms with Crippen molar-refractivity contribution in [2.75, 3.05) is 0 Å². The maximum Gasteiger partial charge on any atom is 0.177 e. The van der Waals surface area contributed by atoms with E-state index in [1.807, 2.05) is 30.5 Å². The molecule has 2 N–H and O–H groups in total. The number of aromatic amines is 1. The first-order valence-corrected chi connectivity index (χ1v) is 11.5. The zero-order valence-corrected chi connectivity index (χ0v) is 18.9. The van der Waals surface area contributed by atoms with Crippen LogP contribution >= 0.6 is 0 Å². The lowest BCUT2D eigenvalue weighted by Gasteiger charge is -2.34. The van der Waals surface area contributed by atoms with Crippen LogP contribution in [0, 0.1) is 5.41 Å². The van der Waals surface area contributed by atoms with Gasteiger partial charge in [-0.3, -0.25) is 15.3 Å². The number of rotatable bonds is 7. The topological polar surface area (TPSA) is 77.9 Å². The number of aryl methyl sites for hydroxylation is 1. The van der Waals surface area contributed by atoms with Crippen LogP contribution in [0.15, 0.2) is 66.9 Å². The Morgan fingerprint density at radius 2 is 1.88 bits per heavy atom. The third kappa shape index (κ3) is 4.96. The van der Waals surface area contributed by atoms with E-state index in [-0.39, 0.29) is 11.9 Å². The van der Waals surface area contributed by atoms with Gasteiger partial charge in [0.1, 0.15) is 12.4 Å². The molecule has 2 aromatic carbocycles. The number of imidazole rings is 1. The fourth-order valence-corrected chi connectivity index (χ4v) is 4.66. The molecule has 0 radical (unpaired) electrons. The summed E-state index contributed by atoms with van der Waals surface area (Å²) in [6.07, 6.45) is 5.27. The van der Waals surface area contributed by atoms with Gasteiger partial charge in [-0.25, -0.2) is 4.98 Å². The fourth-order valence-electron chi connectivity index (χ4n) is 4.66. The van der Waals surface area contributed by atoms with E-state index in [0.29, 0.717) is 6.61 Å². The van der Waals surface area contributed by atoms with Crippen LogP contribution in [0.3, 0.4) is 0 Å². The van der Waals surface area contributed by atoms with Crippen molar-refractivity contribution < 1.29 is 4.74 Å². The van der Waals surface area contributed by atoms with Crippen LogP contribution in [0.25, 0.3) is 11.0 Å². The Kier molecular flexibility index (Phi) is 6.17. The highest BCUT2D eigenvalue weighted by Crippen LogP contribution is 2.34. The first-order chi connectivity index (χ1) is 16.2. The van der Waals surface area contributed by atoms with E-state index in [1.165, 1.54) is 23.2 Å². The minimum Gasteiger partial charge on any atom is -0.477 e. The van der Waals surface area contributed by atoms with Crippen LogP contribution in [0.2, 0.25) is 0 Å². The second-order valence-electron chi connectivity index (χ2n) is 8.72. The summed E-state index contributed by atoms with van der Waals surface area (Å²) in [5.41, 5.74) is 6.94. The van der Waals surface area contributed by atoms with Gasteiger partial charge in [0.25, 0.3) is 0 Å². The third-order valence-electron chi connectivity index (χ3n) is 6.26. The van der Waals surface area contributed by atoms with E-state index < -0.39 is 0 Å². The second-order valence-corrected chi connectivity index (χ2v) is 8.72. The van der Waals surface area contributed by atoms with Crippen molar-refractivity contribution in [2.45, 2.75) is 51.9 Å². The maximum absolute atomic E-state index is 7.45. The van der Waals surface area contributed by atoms with Crippen LogP contribution in [-0.2, 0) is 30.9 Å². The molecule has 0 saturated heterocycles. The van der Waals surface area contributed by atoms with Gasteiger partial charge in [0.15, 0.2) is 5.90 Å². The molecular formula is C27H29N5O. The maximum atomic E-state index is 7.45. The van der Waals surface area contributed by atoms with E-state index in [1.54, 1.807) is 6.92 Å². The Balaban J connectivity index is 1.42. The van der Waals surface area contributed by atoms with Crippen LogP contribution in [0.5, 0.6) is 0 Å². The number of nitrogens with one attached hydrogen (secondary N) is 2. The number of benzene rings is 2. The molecule has 4 aromatic rings. The van der Waals surface area contributed by atoms with Gasteiger partial charge in [0, 0.05) is 19.7 Å². The summed E-state index contributed by atoms with van der Waals surface area (Å²) in [5, 5.41) is 7.45. The number of fused-ring (bicyclic) bond motifs is 2. The van der Waals surface area contributed by atoms with Crippen molar-refractivity contribution in [3.63, 3.8) is 0 Å². The Hall–Kier alpha value is -3.51. The van der Waals surface area contributed by atoms with E-state index >= 15 is 0 Å². The normalized spacial score (nSPS) is 15.5. The molecule has 0 aliphatic heterocycles. The van der Waals surface area contributed by atoms with E-state index in [0.717, 1.165) is 48.4 Å². The quantitative estimate of drug-likeness (QED) is 0.292. The first kappa shape index (κ1) is 21.3. The molecule has 0 amide bonds. The lowest BCUT2D eigenvalue weighted by molar-refractivity contribution is 0.153. The van der Waals surface area contributed by atoms with Crippen LogP contribution < -0.4 is 0 Å². The lowest BCUT2D eigenvalue weighted by Crippen LogP contribution is -2.31. The highest BCUT2D eigenvalue weighted by Gasteiger charge is 2.28. The molecule has 168 valence electrons. The lowest BCUT2D eigenvalue weighted by atomic mass is 9.90. The number of hydrogen-bond donors (Lipinski definition) is 2. The zero-order valence-electron chi connectivity index (χ0n) is 18.9. The van der Waals surface area contributed by atoms with Gasteiger partial charge in [0.05, 0.1) is 29.3 Å². The Morgan fingerprint density at radius 1 is 1.06 bits per heavy atom. The van der Waals surface area contributed by atoms with Crippen LogP contribution in [0.1, 0.15) is 54.0 Å². The van der Waals surface area contributed by atoms with Gasteiger partial charge >= 0.3 is 0 Å². The van der Waals surface area contributed by atoms with Crippen LogP contribution in [-0.4, -0.2) is 25.7 Å². The molecule has 2 aromatic heterocycles. The molecule has 1 aliphatic carbocycles. The molecule has 6 heteroatoms. The van der Waals surface area contributed by atoms with Crippen molar-refractivity contribution >= 4 is 16.9 Å². The number of para-hydroxylation sites is 2. The predicted molar refractivity (Wildman–Crippen MR) is 130 cm³/mol. The van der Waals surface area contributed by atoms with Crippen molar-refractivity contribution in [1.82, 2.24) is 19.9 Å². The van der Waals surface area contributed by atoms with Crippen LogP contribution in [0.4, 0.5) is 0 Å². The number of nitrogens with zero attached hydrogens (tertiary/aromatic N) is 3. The molecule has 2 heterocycles. The summed E-state index contributed by atoms with van der Waals surface area (Å²) in [6.45, 7) is 3.62. The highest BCUT2D eigenvalue weighted by atomic mass is 16.5. The molecule has 1 aliphatic rings. The summed E-state index contributed by atoms with van der Waals surface area (Å²) in [7, 11) is 0. The largest absolute Gasteiger partial charge is 0.477 e. The smallest absolute Gasteiger partial charge is 0.177 e. The van der Waals surface area contributed by atoms with Gasteiger partial charge in [0.2, 0.25) is 0 Å². The summed E-state index contributed by atoms with van der Waals surface area (Å²) >= 11 is 0. The number of H-pyrrole nitrogens is 1. The van der Waals surface area contributed by atoms with Crippen molar-refractivity contribution in [3.8, 4) is 0 Å². The van der Waals surface area contributed by atoms with Crippen molar-refractivity contribution in [3.05, 3.63) is 95.1 Å². The summed E-state index contributed by atoms with van der Waals surface area (Å²) in [4.78, 5) is 15.6. The van der Waals surface area contributed by atoms with Gasteiger partial charge in [-0.05, 0) is 54.2 Å². The average Bonchev–Trinajstić information content (AvgIpc) is 3.25.